The number of halogens is 2. The molecule has 1 aromatic carbocycles. The number of sulfone groups is 1. The van der Waals surface area contributed by atoms with Crippen molar-refractivity contribution < 1.29 is 13.2 Å². The molecule has 8 nitrogen and oxygen atoms in total. The third kappa shape index (κ3) is 6.26. The van der Waals surface area contributed by atoms with Gasteiger partial charge < -0.3 is 5.32 Å². The van der Waals surface area contributed by atoms with Crippen molar-refractivity contribution in [3.8, 4) is 0 Å². The second-order valence-electron chi connectivity index (χ2n) is 7.66. The lowest BCUT2D eigenvalue weighted by Crippen LogP contribution is -2.40. The van der Waals surface area contributed by atoms with Crippen molar-refractivity contribution in [2.24, 2.45) is 0 Å². The molecule has 11 heteroatoms. The maximum Gasteiger partial charge on any atom is 0.170 e. The molecule has 1 N–H and O–H groups in total. The van der Waals surface area contributed by atoms with Gasteiger partial charge in [-0.3, -0.25) is 9.69 Å². The molecule has 3 aromatic rings. The zero-order valence-electron chi connectivity index (χ0n) is 17.5. The van der Waals surface area contributed by atoms with Crippen molar-refractivity contribution in [2.45, 2.75) is 13.0 Å². The Labute approximate surface area is 201 Å². The number of ketones is 1. The normalized spacial score (nSPS) is 15.8. The van der Waals surface area contributed by atoms with Crippen LogP contribution in [0.3, 0.4) is 0 Å². The van der Waals surface area contributed by atoms with E-state index in [4.69, 9.17) is 23.2 Å². The fraction of sp³-hybridized carbons (Fsp3) is 0.273. The Kier molecular flexibility index (Phi) is 7.23. The van der Waals surface area contributed by atoms with Gasteiger partial charge in [-0.2, -0.15) is 0 Å². The molecule has 0 atom stereocenters. The second kappa shape index (κ2) is 10.1. The number of nitrogens with zero attached hydrogens (tertiary/aromatic N) is 4. The lowest BCUT2D eigenvalue weighted by molar-refractivity contribution is 0.0993. The summed E-state index contributed by atoms with van der Waals surface area (Å²) in [5, 5.41) is 3.77. The summed E-state index contributed by atoms with van der Waals surface area (Å²) < 4.78 is 23.2. The number of Topliss-reactive ketones (excluding diaryl/α,β-unsaturated/α-hetero) is 1. The summed E-state index contributed by atoms with van der Waals surface area (Å²) in [7, 11) is -2.93. The highest BCUT2D eigenvalue weighted by Gasteiger charge is 2.22. The number of hydrogen-bond acceptors (Lipinski definition) is 8. The third-order valence-corrected chi connectivity index (χ3v) is 7.43. The standard InChI is InChI=1S/C22H21Cl2N5O3S/c23-16-2-1-3-17(24)22(16)18(30)12-15-4-6-25-20(13-15)27-19-5-7-26-21(28-19)14-29-8-10-33(31,32)11-9-29/h1-7,13H,8-12,14H2,(H,25,26,27,28). The van der Waals surface area contributed by atoms with Crippen LogP contribution in [0.1, 0.15) is 21.7 Å². The summed E-state index contributed by atoms with van der Waals surface area (Å²) >= 11 is 12.3. The number of carbonyl (C=O) groups excluding carboxylic acids is 1. The first-order valence-corrected chi connectivity index (χ1v) is 12.8. The Bertz CT molecular complexity index is 1250. The van der Waals surface area contributed by atoms with Crippen LogP contribution in [-0.4, -0.2) is 58.6 Å². The van der Waals surface area contributed by atoms with Gasteiger partial charge in [0.1, 0.15) is 17.5 Å². The average molecular weight is 506 g/mol. The van der Waals surface area contributed by atoms with Gasteiger partial charge in [0.05, 0.1) is 33.7 Å². The Morgan fingerprint density at radius 1 is 1.00 bits per heavy atom. The topological polar surface area (TPSA) is 105 Å². The molecule has 172 valence electrons. The molecule has 3 heterocycles. The Morgan fingerprint density at radius 3 is 2.42 bits per heavy atom. The minimum absolute atomic E-state index is 0.119. The van der Waals surface area contributed by atoms with Crippen molar-refractivity contribution >= 4 is 50.5 Å². The lowest BCUT2D eigenvalue weighted by atomic mass is 10.0. The number of anilines is 2. The SMILES string of the molecule is O=C(Cc1ccnc(Nc2ccnc(CN3CCS(=O)(=O)CC3)n2)c1)c1c(Cl)cccc1Cl. The van der Waals surface area contributed by atoms with Gasteiger partial charge in [0.25, 0.3) is 0 Å². The van der Waals surface area contributed by atoms with Gasteiger partial charge in [0.15, 0.2) is 15.6 Å². The number of pyridine rings is 1. The van der Waals surface area contributed by atoms with Crippen LogP contribution in [0.15, 0.2) is 48.8 Å². The zero-order chi connectivity index (χ0) is 23.4. The van der Waals surface area contributed by atoms with Gasteiger partial charge in [-0.15, -0.1) is 0 Å². The van der Waals surface area contributed by atoms with Crippen molar-refractivity contribution in [1.82, 2.24) is 19.9 Å². The molecule has 0 aliphatic carbocycles. The molecule has 0 bridgehead atoms. The molecule has 0 radical (unpaired) electrons. The molecule has 1 aliphatic rings. The summed E-state index contributed by atoms with van der Waals surface area (Å²) in [4.78, 5) is 27.8. The Morgan fingerprint density at radius 2 is 1.70 bits per heavy atom. The number of benzene rings is 1. The molecule has 33 heavy (non-hydrogen) atoms. The van der Waals surface area contributed by atoms with Gasteiger partial charge in [-0.1, -0.05) is 29.3 Å². The summed E-state index contributed by atoms with van der Waals surface area (Å²) in [6.45, 7) is 1.40. The maximum atomic E-state index is 12.7. The van der Waals surface area contributed by atoms with Crippen LogP contribution in [0, 0.1) is 0 Å². The quantitative estimate of drug-likeness (QED) is 0.485. The summed E-state index contributed by atoms with van der Waals surface area (Å²) in [5.74, 6) is 1.78. The van der Waals surface area contributed by atoms with Crippen LogP contribution < -0.4 is 5.32 Å². The number of hydrogen-bond donors (Lipinski definition) is 1. The van der Waals surface area contributed by atoms with Crippen LogP contribution in [0.25, 0.3) is 0 Å². The first-order chi connectivity index (χ1) is 15.8. The van der Waals surface area contributed by atoms with Crippen molar-refractivity contribution in [3.63, 3.8) is 0 Å². The molecule has 0 amide bonds. The van der Waals surface area contributed by atoms with E-state index in [2.05, 4.69) is 20.3 Å². The Hall–Kier alpha value is -2.59. The van der Waals surface area contributed by atoms with Crippen LogP contribution in [0.2, 0.25) is 10.0 Å². The van der Waals surface area contributed by atoms with Crippen LogP contribution in [0.5, 0.6) is 0 Å². The molecular weight excluding hydrogens is 485 g/mol. The van der Waals surface area contributed by atoms with Gasteiger partial charge in [-0.05, 0) is 35.9 Å². The molecule has 2 aromatic heterocycles. The van der Waals surface area contributed by atoms with Gasteiger partial charge in [0, 0.05) is 31.9 Å². The van der Waals surface area contributed by atoms with E-state index >= 15 is 0 Å². The monoisotopic (exact) mass is 505 g/mol. The predicted octanol–water partition coefficient (Wildman–Crippen LogP) is 3.58. The van der Waals surface area contributed by atoms with Gasteiger partial charge in [-0.25, -0.2) is 23.4 Å². The van der Waals surface area contributed by atoms with E-state index in [0.717, 1.165) is 5.56 Å². The van der Waals surface area contributed by atoms with Crippen LogP contribution >= 0.6 is 23.2 Å². The summed E-state index contributed by atoms with van der Waals surface area (Å²) in [6, 6.07) is 10.2. The molecule has 1 aliphatic heterocycles. The van der Waals surface area contributed by atoms with Gasteiger partial charge >= 0.3 is 0 Å². The summed E-state index contributed by atoms with van der Waals surface area (Å²) in [6.07, 6.45) is 3.36. The highest BCUT2D eigenvalue weighted by atomic mass is 35.5. The smallest absolute Gasteiger partial charge is 0.170 e. The van der Waals surface area contributed by atoms with E-state index < -0.39 is 9.84 Å². The minimum atomic E-state index is -2.93. The zero-order valence-corrected chi connectivity index (χ0v) is 19.9. The van der Waals surface area contributed by atoms with Crippen molar-refractivity contribution in [3.05, 3.63) is 75.8 Å². The van der Waals surface area contributed by atoms with E-state index in [0.29, 0.717) is 52.7 Å². The first kappa shape index (κ1) is 23.6. The second-order valence-corrected chi connectivity index (χ2v) is 10.8. The molecular formula is C22H21Cl2N5O3S. The van der Waals surface area contributed by atoms with Crippen LogP contribution in [-0.2, 0) is 22.8 Å². The summed E-state index contributed by atoms with van der Waals surface area (Å²) in [5.41, 5.74) is 1.05. The number of aromatic nitrogens is 3. The maximum absolute atomic E-state index is 12.7. The van der Waals surface area contributed by atoms with E-state index in [1.165, 1.54) is 0 Å². The first-order valence-electron chi connectivity index (χ1n) is 10.2. The highest BCUT2D eigenvalue weighted by Crippen LogP contribution is 2.26. The van der Waals surface area contributed by atoms with Crippen molar-refractivity contribution in [1.29, 1.82) is 0 Å². The number of carbonyl (C=O) groups is 1. The largest absolute Gasteiger partial charge is 0.325 e. The highest BCUT2D eigenvalue weighted by molar-refractivity contribution is 7.91. The van der Waals surface area contributed by atoms with E-state index in [-0.39, 0.29) is 23.7 Å². The predicted molar refractivity (Wildman–Crippen MR) is 128 cm³/mol. The number of rotatable bonds is 7. The van der Waals surface area contributed by atoms with E-state index in [1.807, 2.05) is 4.90 Å². The average Bonchev–Trinajstić information content (AvgIpc) is 2.76. The Balaban J connectivity index is 1.42. The lowest BCUT2D eigenvalue weighted by Gasteiger charge is -2.25. The van der Waals surface area contributed by atoms with Crippen molar-refractivity contribution in [2.75, 3.05) is 29.9 Å². The molecule has 4 rings (SSSR count). The van der Waals surface area contributed by atoms with Gasteiger partial charge in [0.2, 0.25) is 0 Å². The number of nitrogens with one attached hydrogen (secondary N) is 1. The van der Waals surface area contributed by atoms with Crippen LogP contribution in [0.4, 0.5) is 11.6 Å². The fourth-order valence-corrected chi connectivity index (χ4v) is 5.36. The molecule has 1 fully saturated rings. The molecule has 0 saturated carbocycles. The third-order valence-electron chi connectivity index (χ3n) is 5.19. The molecule has 0 spiro atoms. The van der Waals surface area contributed by atoms with E-state index in [1.54, 1.807) is 48.8 Å². The van der Waals surface area contributed by atoms with E-state index in [9.17, 15) is 13.2 Å². The molecule has 1 saturated heterocycles. The molecule has 0 unspecified atom stereocenters. The fourth-order valence-electron chi connectivity index (χ4n) is 3.48. The minimum Gasteiger partial charge on any atom is -0.325 e.